The lowest BCUT2D eigenvalue weighted by Gasteiger charge is -2.09. The van der Waals surface area contributed by atoms with Gasteiger partial charge < -0.3 is 10.2 Å². The van der Waals surface area contributed by atoms with E-state index in [0.717, 1.165) is 35.6 Å². The SMILES string of the molecule is CCCC(=NC)/C(=N\NC)c1ccc(OC)cc1. The lowest BCUT2D eigenvalue weighted by molar-refractivity contribution is 0.415. The van der Waals surface area contributed by atoms with E-state index in [-0.39, 0.29) is 0 Å². The summed E-state index contributed by atoms with van der Waals surface area (Å²) < 4.78 is 5.16. The first-order chi connectivity index (χ1) is 8.76. The summed E-state index contributed by atoms with van der Waals surface area (Å²) in [6.45, 7) is 2.14. The molecule has 98 valence electrons. The van der Waals surface area contributed by atoms with E-state index in [1.807, 2.05) is 24.3 Å². The summed E-state index contributed by atoms with van der Waals surface area (Å²) in [5, 5.41) is 4.33. The molecular weight excluding hydrogens is 226 g/mol. The Labute approximate surface area is 109 Å². The number of nitrogens with one attached hydrogen (secondary N) is 1. The number of benzene rings is 1. The van der Waals surface area contributed by atoms with E-state index in [4.69, 9.17) is 4.74 Å². The van der Waals surface area contributed by atoms with Crippen LogP contribution in [0.25, 0.3) is 0 Å². The first kappa shape index (κ1) is 14.2. The zero-order valence-electron chi connectivity index (χ0n) is 11.5. The number of rotatable bonds is 6. The molecule has 0 atom stereocenters. The zero-order chi connectivity index (χ0) is 13.4. The molecule has 0 amide bonds. The van der Waals surface area contributed by atoms with Crippen molar-refractivity contribution in [1.82, 2.24) is 5.43 Å². The number of hydrazone groups is 1. The fraction of sp³-hybridized carbons (Fsp3) is 0.429. The van der Waals surface area contributed by atoms with Crippen LogP contribution in [0.15, 0.2) is 34.4 Å². The molecule has 0 radical (unpaired) electrons. The van der Waals surface area contributed by atoms with Gasteiger partial charge in [0.15, 0.2) is 0 Å². The minimum Gasteiger partial charge on any atom is -0.497 e. The fourth-order valence-corrected chi connectivity index (χ4v) is 1.73. The average Bonchev–Trinajstić information content (AvgIpc) is 2.43. The van der Waals surface area contributed by atoms with Crippen molar-refractivity contribution in [2.24, 2.45) is 10.1 Å². The van der Waals surface area contributed by atoms with Crippen LogP contribution in [0.5, 0.6) is 5.75 Å². The Morgan fingerprint density at radius 2 is 1.94 bits per heavy atom. The molecule has 1 aromatic rings. The van der Waals surface area contributed by atoms with Crippen LogP contribution in [-0.4, -0.2) is 32.6 Å². The topological polar surface area (TPSA) is 46.0 Å². The maximum atomic E-state index is 5.16. The fourth-order valence-electron chi connectivity index (χ4n) is 1.73. The van der Waals surface area contributed by atoms with Crippen molar-refractivity contribution in [3.05, 3.63) is 29.8 Å². The lowest BCUT2D eigenvalue weighted by Crippen LogP contribution is -2.18. The minimum absolute atomic E-state index is 0.841. The number of nitrogens with zero attached hydrogens (tertiary/aromatic N) is 2. The Morgan fingerprint density at radius 3 is 2.39 bits per heavy atom. The second-order valence-corrected chi connectivity index (χ2v) is 3.83. The predicted molar refractivity (Wildman–Crippen MR) is 76.9 cm³/mol. The van der Waals surface area contributed by atoms with Crippen LogP contribution in [0.1, 0.15) is 25.3 Å². The summed E-state index contributed by atoms with van der Waals surface area (Å²) >= 11 is 0. The van der Waals surface area contributed by atoms with Gasteiger partial charge in [-0.3, -0.25) is 4.99 Å². The molecule has 0 bridgehead atoms. The molecule has 0 spiro atoms. The van der Waals surface area contributed by atoms with Crippen LogP contribution in [0, 0.1) is 0 Å². The Bertz CT molecular complexity index is 421. The summed E-state index contributed by atoms with van der Waals surface area (Å²) in [4.78, 5) is 4.33. The summed E-state index contributed by atoms with van der Waals surface area (Å²) in [6.07, 6.45) is 1.97. The van der Waals surface area contributed by atoms with Crippen molar-refractivity contribution in [3.8, 4) is 5.75 Å². The van der Waals surface area contributed by atoms with Crippen LogP contribution in [0.3, 0.4) is 0 Å². The lowest BCUT2D eigenvalue weighted by atomic mass is 10.0. The third-order valence-electron chi connectivity index (χ3n) is 2.62. The predicted octanol–water partition coefficient (Wildman–Crippen LogP) is 2.49. The zero-order valence-corrected chi connectivity index (χ0v) is 11.5. The Hall–Kier alpha value is -1.84. The normalized spacial score (nSPS) is 12.4. The smallest absolute Gasteiger partial charge is 0.118 e. The van der Waals surface area contributed by atoms with E-state index in [1.165, 1.54) is 0 Å². The van der Waals surface area contributed by atoms with Gasteiger partial charge in [-0.2, -0.15) is 5.10 Å². The molecule has 0 unspecified atom stereocenters. The molecule has 0 aliphatic heterocycles. The molecule has 0 saturated heterocycles. The first-order valence-electron chi connectivity index (χ1n) is 6.11. The maximum Gasteiger partial charge on any atom is 0.118 e. The Morgan fingerprint density at radius 1 is 1.28 bits per heavy atom. The van der Waals surface area contributed by atoms with E-state index in [0.29, 0.717) is 0 Å². The second kappa shape index (κ2) is 7.48. The Kier molecular flexibility index (Phi) is 5.91. The minimum atomic E-state index is 0.841. The van der Waals surface area contributed by atoms with Crippen molar-refractivity contribution in [1.29, 1.82) is 0 Å². The van der Waals surface area contributed by atoms with Crippen LogP contribution in [0.2, 0.25) is 0 Å². The van der Waals surface area contributed by atoms with Crippen molar-refractivity contribution >= 4 is 11.4 Å². The molecule has 0 saturated carbocycles. The van der Waals surface area contributed by atoms with E-state index < -0.39 is 0 Å². The molecule has 4 heteroatoms. The van der Waals surface area contributed by atoms with Gasteiger partial charge in [0.25, 0.3) is 0 Å². The van der Waals surface area contributed by atoms with Crippen LogP contribution >= 0.6 is 0 Å². The van der Waals surface area contributed by atoms with E-state index in [1.54, 1.807) is 21.2 Å². The maximum absolute atomic E-state index is 5.16. The van der Waals surface area contributed by atoms with Crippen LogP contribution in [-0.2, 0) is 0 Å². The van der Waals surface area contributed by atoms with Gasteiger partial charge in [-0.1, -0.05) is 13.3 Å². The summed E-state index contributed by atoms with van der Waals surface area (Å²) in [5.74, 6) is 0.841. The number of ether oxygens (including phenoxy) is 1. The van der Waals surface area contributed by atoms with Crippen molar-refractivity contribution in [2.75, 3.05) is 21.2 Å². The number of methoxy groups -OCH3 is 1. The standard InChI is InChI=1S/C14H21N3O/c1-5-6-13(15-2)14(17-16-3)11-7-9-12(18-4)10-8-11/h7-10,16H,5-6H2,1-4H3/b15-13?,17-14-. The number of hydrogen-bond acceptors (Lipinski definition) is 4. The van der Waals surface area contributed by atoms with Crippen LogP contribution < -0.4 is 10.2 Å². The third-order valence-corrected chi connectivity index (χ3v) is 2.62. The Balaban J connectivity index is 3.07. The molecule has 0 aliphatic rings. The highest BCUT2D eigenvalue weighted by atomic mass is 16.5. The van der Waals surface area contributed by atoms with Crippen molar-refractivity contribution < 1.29 is 4.74 Å². The summed E-state index contributed by atoms with van der Waals surface area (Å²) in [6, 6.07) is 7.85. The molecule has 0 fully saturated rings. The van der Waals surface area contributed by atoms with Gasteiger partial charge in [0.2, 0.25) is 0 Å². The molecule has 4 nitrogen and oxygen atoms in total. The van der Waals surface area contributed by atoms with Crippen LogP contribution in [0.4, 0.5) is 0 Å². The van der Waals surface area contributed by atoms with Gasteiger partial charge >= 0.3 is 0 Å². The van der Waals surface area contributed by atoms with Crippen molar-refractivity contribution in [2.45, 2.75) is 19.8 Å². The monoisotopic (exact) mass is 247 g/mol. The van der Waals surface area contributed by atoms with Gasteiger partial charge in [-0.15, -0.1) is 0 Å². The molecule has 18 heavy (non-hydrogen) atoms. The molecular formula is C14H21N3O. The summed E-state index contributed by atoms with van der Waals surface area (Å²) in [5.41, 5.74) is 5.79. The van der Waals surface area contributed by atoms with E-state index in [2.05, 4.69) is 22.4 Å². The van der Waals surface area contributed by atoms with Gasteiger partial charge in [0, 0.05) is 19.7 Å². The number of hydrogen-bond donors (Lipinski definition) is 1. The third kappa shape index (κ3) is 3.58. The molecule has 1 aromatic carbocycles. The highest BCUT2D eigenvalue weighted by molar-refractivity contribution is 6.48. The molecule has 0 aliphatic carbocycles. The summed E-state index contributed by atoms with van der Waals surface area (Å²) in [7, 11) is 5.26. The molecule has 0 heterocycles. The van der Waals surface area contributed by atoms with Gasteiger partial charge in [-0.05, 0) is 30.7 Å². The van der Waals surface area contributed by atoms with Gasteiger partial charge in [-0.25, -0.2) is 0 Å². The average molecular weight is 247 g/mol. The highest BCUT2D eigenvalue weighted by Gasteiger charge is 2.10. The van der Waals surface area contributed by atoms with Gasteiger partial charge in [0.1, 0.15) is 11.5 Å². The highest BCUT2D eigenvalue weighted by Crippen LogP contribution is 2.13. The van der Waals surface area contributed by atoms with E-state index >= 15 is 0 Å². The van der Waals surface area contributed by atoms with E-state index in [9.17, 15) is 0 Å². The van der Waals surface area contributed by atoms with Gasteiger partial charge in [0.05, 0.1) is 12.8 Å². The quantitative estimate of drug-likeness (QED) is 0.620. The molecule has 1 N–H and O–H groups in total. The second-order valence-electron chi connectivity index (χ2n) is 3.83. The largest absolute Gasteiger partial charge is 0.497 e. The first-order valence-corrected chi connectivity index (χ1v) is 6.11. The molecule has 0 aromatic heterocycles. The number of aliphatic imine (C=N–C) groups is 1. The molecule has 1 rings (SSSR count). The van der Waals surface area contributed by atoms with Crippen molar-refractivity contribution in [3.63, 3.8) is 0 Å².